The van der Waals surface area contributed by atoms with Crippen LogP contribution in [0, 0.1) is 5.82 Å². The number of hydrogen-bond donors (Lipinski definition) is 3. The lowest BCUT2D eigenvalue weighted by Crippen LogP contribution is -2.48. The van der Waals surface area contributed by atoms with E-state index >= 15 is 4.39 Å². The monoisotopic (exact) mass is 612 g/mol. The molecular formula is C31H33FN2O8S. The Labute approximate surface area is 249 Å². The standard InChI is InChI=1S/C31H33FN2O8S/c1-40-29-23-9-12-42-28(23)20(15-24(29)31(37)34-26-10-11-41-17-27(26)35)13-19-5-8-22(25(32)14-19)30(36)33-16-18-3-6-21(7-4-18)43(2,38)39/h3-8,14-15,26-27,35H,9-13,16-17H2,1-2H3,(H,33,36)(H,34,37)/t26-,27-/m0/s1. The minimum Gasteiger partial charge on any atom is -0.495 e. The fraction of sp³-hybridized carbons (Fsp3) is 0.355. The number of benzene rings is 3. The molecule has 43 heavy (non-hydrogen) atoms. The van der Waals surface area contributed by atoms with E-state index in [0.29, 0.717) is 59.8 Å². The maximum absolute atomic E-state index is 15.1. The zero-order valence-electron chi connectivity index (χ0n) is 23.8. The van der Waals surface area contributed by atoms with E-state index in [2.05, 4.69) is 10.6 Å². The Morgan fingerprint density at radius 3 is 2.47 bits per heavy atom. The summed E-state index contributed by atoms with van der Waals surface area (Å²) in [6, 6.07) is 11.6. The summed E-state index contributed by atoms with van der Waals surface area (Å²) in [5.41, 5.74) is 2.81. The molecule has 1 fully saturated rings. The van der Waals surface area contributed by atoms with Gasteiger partial charge in [0.15, 0.2) is 9.84 Å². The topological polar surface area (TPSA) is 140 Å². The van der Waals surface area contributed by atoms with Gasteiger partial charge < -0.3 is 30.0 Å². The summed E-state index contributed by atoms with van der Waals surface area (Å²) in [5, 5.41) is 15.8. The number of aliphatic hydroxyl groups excluding tert-OH is 1. The first-order valence-electron chi connectivity index (χ1n) is 13.8. The van der Waals surface area contributed by atoms with Gasteiger partial charge in [-0.25, -0.2) is 12.8 Å². The number of ether oxygens (including phenoxy) is 3. The van der Waals surface area contributed by atoms with Crippen molar-refractivity contribution in [1.82, 2.24) is 10.6 Å². The quantitative estimate of drug-likeness (QED) is 0.335. The summed E-state index contributed by atoms with van der Waals surface area (Å²) >= 11 is 0. The molecule has 12 heteroatoms. The second kappa shape index (κ2) is 12.7. The summed E-state index contributed by atoms with van der Waals surface area (Å²) in [6.07, 6.45) is 1.54. The Morgan fingerprint density at radius 2 is 1.79 bits per heavy atom. The highest BCUT2D eigenvalue weighted by molar-refractivity contribution is 7.90. The number of aliphatic hydroxyl groups is 1. The minimum absolute atomic E-state index is 0.0924. The van der Waals surface area contributed by atoms with E-state index in [1.54, 1.807) is 24.3 Å². The second-order valence-electron chi connectivity index (χ2n) is 10.6. The Hall–Kier alpha value is -4.00. The third kappa shape index (κ3) is 6.82. The zero-order chi connectivity index (χ0) is 30.7. The van der Waals surface area contributed by atoms with Crippen LogP contribution in [-0.2, 0) is 34.0 Å². The summed E-state index contributed by atoms with van der Waals surface area (Å²) < 4.78 is 55.1. The van der Waals surface area contributed by atoms with Crippen molar-refractivity contribution in [3.63, 3.8) is 0 Å². The van der Waals surface area contributed by atoms with E-state index in [-0.39, 0.29) is 30.0 Å². The van der Waals surface area contributed by atoms with Crippen molar-refractivity contribution in [2.24, 2.45) is 0 Å². The molecule has 2 amide bonds. The fourth-order valence-corrected chi connectivity index (χ4v) is 5.93. The van der Waals surface area contributed by atoms with Crippen molar-refractivity contribution < 1.29 is 41.7 Å². The summed E-state index contributed by atoms with van der Waals surface area (Å²) in [5.74, 6) is -0.731. The molecule has 0 saturated carbocycles. The molecule has 0 aliphatic carbocycles. The van der Waals surface area contributed by atoms with Crippen molar-refractivity contribution >= 4 is 21.7 Å². The normalized spacial score (nSPS) is 18.0. The predicted molar refractivity (Wildman–Crippen MR) is 155 cm³/mol. The van der Waals surface area contributed by atoms with Gasteiger partial charge in [-0.2, -0.15) is 0 Å². The molecule has 0 aromatic heterocycles. The van der Waals surface area contributed by atoms with Gasteiger partial charge in [0.25, 0.3) is 11.8 Å². The molecule has 0 radical (unpaired) electrons. The maximum Gasteiger partial charge on any atom is 0.255 e. The fourth-order valence-electron chi connectivity index (χ4n) is 5.30. The van der Waals surface area contributed by atoms with Crippen LogP contribution < -0.4 is 20.1 Å². The van der Waals surface area contributed by atoms with Crippen LogP contribution in [0.4, 0.5) is 4.39 Å². The van der Waals surface area contributed by atoms with Gasteiger partial charge in [0.05, 0.1) is 48.5 Å². The minimum atomic E-state index is -3.33. The van der Waals surface area contributed by atoms with Crippen LogP contribution in [0.1, 0.15) is 49.4 Å². The molecule has 2 aliphatic heterocycles. The third-order valence-corrected chi connectivity index (χ3v) is 8.70. The van der Waals surface area contributed by atoms with Gasteiger partial charge in [-0.3, -0.25) is 9.59 Å². The van der Waals surface area contributed by atoms with Crippen molar-refractivity contribution in [2.45, 2.75) is 42.8 Å². The first-order chi connectivity index (χ1) is 20.5. The Balaban J connectivity index is 1.32. The first kappa shape index (κ1) is 30.5. The van der Waals surface area contributed by atoms with E-state index in [0.717, 1.165) is 11.8 Å². The number of carbonyl (C=O) groups excluding carboxylic acids is 2. The largest absolute Gasteiger partial charge is 0.495 e. The number of methoxy groups -OCH3 is 1. The SMILES string of the molecule is COc1c(C(=O)N[C@H]2CCOC[C@@H]2O)cc(Cc2ccc(C(=O)NCc3ccc(S(C)(=O)=O)cc3)c(F)c2)c2c1CCO2. The summed E-state index contributed by atoms with van der Waals surface area (Å²) in [4.78, 5) is 26.2. The highest BCUT2D eigenvalue weighted by atomic mass is 32.2. The number of nitrogens with one attached hydrogen (secondary N) is 2. The van der Waals surface area contributed by atoms with E-state index in [1.165, 1.54) is 31.4 Å². The Morgan fingerprint density at radius 1 is 1.05 bits per heavy atom. The van der Waals surface area contributed by atoms with E-state index in [1.807, 2.05) is 0 Å². The average Bonchev–Trinajstić information content (AvgIpc) is 3.47. The molecule has 0 bridgehead atoms. The van der Waals surface area contributed by atoms with Gasteiger partial charge in [-0.15, -0.1) is 0 Å². The average molecular weight is 613 g/mol. The number of rotatable bonds is 9. The molecule has 10 nitrogen and oxygen atoms in total. The predicted octanol–water partition coefficient (Wildman–Crippen LogP) is 2.57. The Kier molecular flexibility index (Phi) is 9.00. The lowest BCUT2D eigenvalue weighted by Gasteiger charge is -2.28. The molecule has 5 rings (SSSR count). The number of carbonyl (C=O) groups is 2. The van der Waals surface area contributed by atoms with Crippen LogP contribution in [0.5, 0.6) is 11.5 Å². The molecule has 3 aromatic rings. The number of fused-ring (bicyclic) bond motifs is 1. The van der Waals surface area contributed by atoms with Crippen LogP contribution in [-0.4, -0.2) is 70.7 Å². The molecule has 2 atom stereocenters. The molecular weight excluding hydrogens is 579 g/mol. The first-order valence-corrected chi connectivity index (χ1v) is 15.7. The highest BCUT2D eigenvalue weighted by Crippen LogP contribution is 2.40. The zero-order valence-corrected chi connectivity index (χ0v) is 24.6. The summed E-state index contributed by atoms with van der Waals surface area (Å²) in [7, 11) is -1.85. The van der Waals surface area contributed by atoms with Crippen LogP contribution in [0.25, 0.3) is 0 Å². The van der Waals surface area contributed by atoms with Crippen LogP contribution >= 0.6 is 0 Å². The maximum atomic E-state index is 15.1. The van der Waals surface area contributed by atoms with Gasteiger partial charge in [-0.05, 0) is 53.4 Å². The number of sulfone groups is 1. The molecule has 228 valence electrons. The number of halogens is 1. The molecule has 3 N–H and O–H groups in total. The van der Waals surface area contributed by atoms with Gasteiger partial charge in [0.2, 0.25) is 0 Å². The van der Waals surface area contributed by atoms with Gasteiger partial charge in [-0.1, -0.05) is 18.2 Å². The molecule has 1 saturated heterocycles. The van der Waals surface area contributed by atoms with Crippen LogP contribution in [0.15, 0.2) is 53.4 Å². The van der Waals surface area contributed by atoms with E-state index in [9.17, 15) is 23.1 Å². The highest BCUT2D eigenvalue weighted by Gasteiger charge is 2.30. The van der Waals surface area contributed by atoms with Crippen molar-refractivity contribution in [2.75, 3.05) is 33.2 Å². The Bertz CT molecular complexity index is 1640. The molecule has 3 aromatic carbocycles. The smallest absolute Gasteiger partial charge is 0.255 e. The number of amides is 2. The van der Waals surface area contributed by atoms with Crippen molar-refractivity contribution in [3.8, 4) is 11.5 Å². The second-order valence-corrected chi connectivity index (χ2v) is 12.6. The lowest BCUT2D eigenvalue weighted by atomic mass is 9.95. The van der Waals surface area contributed by atoms with Crippen molar-refractivity contribution in [3.05, 3.63) is 87.7 Å². The lowest BCUT2D eigenvalue weighted by molar-refractivity contribution is -0.0261. The van der Waals surface area contributed by atoms with Crippen LogP contribution in [0.3, 0.4) is 0 Å². The van der Waals surface area contributed by atoms with Crippen LogP contribution in [0.2, 0.25) is 0 Å². The van der Waals surface area contributed by atoms with Crippen molar-refractivity contribution in [1.29, 1.82) is 0 Å². The number of hydrogen-bond acceptors (Lipinski definition) is 8. The van der Waals surface area contributed by atoms with Gasteiger partial charge in [0, 0.05) is 37.8 Å². The van der Waals surface area contributed by atoms with E-state index in [4.69, 9.17) is 14.2 Å². The summed E-state index contributed by atoms with van der Waals surface area (Å²) in [6.45, 7) is 1.08. The molecule has 0 spiro atoms. The van der Waals surface area contributed by atoms with E-state index < -0.39 is 39.6 Å². The third-order valence-electron chi connectivity index (χ3n) is 7.57. The molecule has 2 heterocycles. The van der Waals surface area contributed by atoms with Gasteiger partial charge >= 0.3 is 0 Å². The van der Waals surface area contributed by atoms with Gasteiger partial charge in [0.1, 0.15) is 17.3 Å². The molecule has 2 aliphatic rings. The molecule has 0 unspecified atom stereocenters.